The molecule has 1 fully saturated rings. The van der Waals surface area contributed by atoms with Gasteiger partial charge in [-0.1, -0.05) is 23.2 Å². The molecular weight excluding hydrogens is 333 g/mol. The molecule has 0 unspecified atom stereocenters. The molecule has 1 aliphatic heterocycles. The normalized spacial score (nSPS) is 16.1. The Morgan fingerprint density at radius 1 is 1.22 bits per heavy atom. The first-order valence-electron chi connectivity index (χ1n) is 8.28. The fourth-order valence-corrected chi connectivity index (χ4v) is 3.24. The third-order valence-corrected chi connectivity index (χ3v) is 5.11. The zero-order chi connectivity index (χ0) is 16.7. The zero-order valence-electron chi connectivity index (χ0n) is 14.0. The van der Waals surface area contributed by atoms with Crippen LogP contribution in [0.4, 0.5) is 0 Å². The Balaban J connectivity index is 1.64. The Kier molecular flexibility index (Phi) is 7.53. The second kappa shape index (κ2) is 9.40. The van der Waals surface area contributed by atoms with Crippen LogP contribution in [0.2, 0.25) is 10.2 Å². The molecule has 0 atom stereocenters. The van der Waals surface area contributed by atoms with Crippen LogP contribution in [0.5, 0.6) is 0 Å². The number of nitrogens with zero attached hydrogens (tertiary/aromatic N) is 3. The van der Waals surface area contributed by atoms with Crippen LogP contribution in [0.3, 0.4) is 0 Å². The van der Waals surface area contributed by atoms with Crippen LogP contribution in [0.15, 0.2) is 11.1 Å². The second-order valence-electron chi connectivity index (χ2n) is 5.94. The van der Waals surface area contributed by atoms with E-state index < -0.39 is 0 Å². The van der Waals surface area contributed by atoms with E-state index in [0.717, 1.165) is 24.6 Å². The van der Waals surface area contributed by atoms with Crippen LogP contribution in [-0.2, 0) is 13.6 Å². The van der Waals surface area contributed by atoms with Gasteiger partial charge < -0.3 is 20.1 Å². The average Bonchev–Trinajstić information content (AvgIpc) is 3.15. The van der Waals surface area contributed by atoms with Crippen LogP contribution in [-0.4, -0.2) is 48.7 Å². The number of unbranched alkanes of at least 4 members (excludes halogenated alkanes) is 1. The molecule has 1 aromatic rings. The van der Waals surface area contributed by atoms with Crippen molar-refractivity contribution < 1.29 is 0 Å². The molecule has 0 aliphatic carbocycles. The van der Waals surface area contributed by atoms with Crippen molar-refractivity contribution in [2.75, 3.05) is 33.2 Å². The van der Waals surface area contributed by atoms with Gasteiger partial charge in [0.25, 0.3) is 0 Å². The van der Waals surface area contributed by atoms with E-state index in [-0.39, 0.29) is 0 Å². The van der Waals surface area contributed by atoms with E-state index in [0.29, 0.717) is 16.7 Å². The molecule has 0 aromatic carbocycles. The zero-order valence-corrected chi connectivity index (χ0v) is 15.6. The fourth-order valence-electron chi connectivity index (χ4n) is 2.83. The van der Waals surface area contributed by atoms with Gasteiger partial charge in [-0.15, -0.1) is 0 Å². The molecular formula is C16H27Cl2N5. The Bertz CT molecular complexity index is 521. The SMILES string of the molecule is CN=C(NCCCCN1CCCC1)NCc1cc(Cl)c(Cl)n1C. The van der Waals surface area contributed by atoms with Crippen LogP contribution >= 0.6 is 23.2 Å². The number of likely N-dealkylation sites (tertiary alicyclic amines) is 1. The van der Waals surface area contributed by atoms with Crippen molar-refractivity contribution in [1.82, 2.24) is 20.1 Å². The Morgan fingerprint density at radius 3 is 2.57 bits per heavy atom. The summed E-state index contributed by atoms with van der Waals surface area (Å²) in [5.74, 6) is 0.805. The van der Waals surface area contributed by atoms with Crippen LogP contribution < -0.4 is 10.6 Å². The first kappa shape index (κ1) is 18.4. The summed E-state index contributed by atoms with van der Waals surface area (Å²) in [6.45, 7) is 5.34. The first-order chi connectivity index (χ1) is 11.1. The van der Waals surface area contributed by atoms with Gasteiger partial charge in [-0.05, 0) is 51.4 Å². The molecule has 0 bridgehead atoms. The summed E-state index contributed by atoms with van der Waals surface area (Å²) in [6, 6.07) is 1.88. The van der Waals surface area contributed by atoms with Gasteiger partial charge in [-0.3, -0.25) is 4.99 Å². The molecule has 0 saturated carbocycles. The smallest absolute Gasteiger partial charge is 0.191 e. The summed E-state index contributed by atoms with van der Waals surface area (Å²) in [5.41, 5.74) is 1.02. The van der Waals surface area contributed by atoms with Gasteiger partial charge in [0, 0.05) is 26.3 Å². The van der Waals surface area contributed by atoms with Crippen molar-refractivity contribution >= 4 is 29.2 Å². The van der Waals surface area contributed by atoms with E-state index in [9.17, 15) is 0 Å². The molecule has 1 saturated heterocycles. The van der Waals surface area contributed by atoms with Gasteiger partial charge in [-0.2, -0.15) is 0 Å². The number of rotatable bonds is 7. The highest BCUT2D eigenvalue weighted by molar-refractivity contribution is 6.41. The number of hydrogen-bond acceptors (Lipinski definition) is 2. The van der Waals surface area contributed by atoms with E-state index in [1.807, 2.05) is 17.7 Å². The van der Waals surface area contributed by atoms with Crippen LogP contribution in [0.1, 0.15) is 31.4 Å². The topological polar surface area (TPSA) is 44.6 Å². The van der Waals surface area contributed by atoms with Crippen molar-refractivity contribution in [2.24, 2.45) is 12.0 Å². The minimum atomic E-state index is 0.563. The Morgan fingerprint density at radius 2 is 1.96 bits per heavy atom. The standard InChI is InChI=1S/C16H27Cl2N5/c1-19-16(20-7-3-4-8-23-9-5-6-10-23)21-12-13-11-14(17)15(18)22(13)2/h11H,3-10,12H2,1-2H3,(H2,19,20,21). The number of guanidine groups is 1. The maximum absolute atomic E-state index is 6.07. The molecule has 0 amide bonds. The number of aliphatic imine (C=N–C) groups is 1. The lowest BCUT2D eigenvalue weighted by Gasteiger charge is -2.15. The van der Waals surface area contributed by atoms with E-state index >= 15 is 0 Å². The lowest BCUT2D eigenvalue weighted by atomic mass is 10.3. The van der Waals surface area contributed by atoms with Crippen LogP contribution in [0.25, 0.3) is 0 Å². The summed E-state index contributed by atoms with van der Waals surface area (Å²) in [4.78, 5) is 6.80. The molecule has 0 radical (unpaired) electrons. The number of halogens is 2. The summed E-state index contributed by atoms with van der Waals surface area (Å²) >= 11 is 12.1. The lowest BCUT2D eigenvalue weighted by molar-refractivity contribution is 0.330. The monoisotopic (exact) mass is 359 g/mol. The molecule has 2 rings (SSSR count). The van der Waals surface area contributed by atoms with Crippen molar-refractivity contribution in [3.05, 3.63) is 21.9 Å². The van der Waals surface area contributed by atoms with Gasteiger partial charge in [0.1, 0.15) is 5.15 Å². The van der Waals surface area contributed by atoms with E-state index in [1.165, 1.54) is 38.9 Å². The van der Waals surface area contributed by atoms with E-state index in [4.69, 9.17) is 23.2 Å². The molecule has 1 aliphatic rings. The van der Waals surface area contributed by atoms with Gasteiger partial charge in [0.05, 0.1) is 11.6 Å². The van der Waals surface area contributed by atoms with Gasteiger partial charge >= 0.3 is 0 Å². The molecule has 5 nitrogen and oxygen atoms in total. The predicted octanol–water partition coefficient (Wildman–Crippen LogP) is 2.87. The third-order valence-electron chi connectivity index (χ3n) is 4.27. The third kappa shape index (κ3) is 5.59. The second-order valence-corrected chi connectivity index (χ2v) is 6.71. The minimum Gasteiger partial charge on any atom is -0.356 e. The molecule has 23 heavy (non-hydrogen) atoms. The summed E-state index contributed by atoms with van der Waals surface area (Å²) < 4.78 is 1.88. The van der Waals surface area contributed by atoms with Crippen LogP contribution in [0, 0.1) is 0 Å². The number of hydrogen-bond donors (Lipinski definition) is 2. The van der Waals surface area contributed by atoms with E-state index in [2.05, 4.69) is 20.5 Å². The number of aromatic nitrogens is 1. The fraction of sp³-hybridized carbons (Fsp3) is 0.688. The maximum atomic E-state index is 6.07. The van der Waals surface area contributed by atoms with E-state index in [1.54, 1.807) is 7.05 Å². The highest BCUT2D eigenvalue weighted by Crippen LogP contribution is 2.24. The van der Waals surface area contributed by atoms with Crippen molar-refractivity contribution in [2.45, 2.75) is 32.2 Å². The lowest BCUT2D eigenvalue weighted by Crippen LogP contribution is -2.37. The predicted molar refractivity (Wildman–Crippen MR) is 98.5 cm³/mol. The summed E-state index contributed by atoms with van der Waals surface area (Å²) in [6.07, 6.45) is 5.11. The molecule has 7 heteroatoms. The minimum absolute atomic E-state index is 0.563. The summed E-state index contributed by atoms with van der Waals surface area (Å²) in [5, 5.41) is 7.78. The highest BCUT2D eigenvalue weighted by atomic mass is 35.5. The van der Waals surface area contributed by atoms with Crippen molar-refractivity contribution in [3.8, 4) is 0 Å². The largest absolute Gasteiger partial charge is 0.356 e. The highest BCUT2D eigenvalue weighted by Gasteiger charge is 2.11. The Hall–Kier alpha value is -0.910. The first-order valence-corrected chi connectivity index (χ1v) is 9.04. The summed E-state index contributed by atoms with van der Waals surface area (Å²) in [7, 11) is 3.68. The van der Waals surface area contributed by atoms with Gasteiger partial charge in [0.15, 0.2) is 5.96 Å². The maximum Gasteiger partial charge on any atom is 0.191 e. The molecule has 130 valence electrons. The average molecular weight is 360 g/mol. The van der Waals surface area contributed by atoms with Gasteiger partial charge in [0.2, 0.25) is 0 Å². The van der Waals surface area contributed by atoms with Crippen molar-refractivity contribution in [3.63, 3.8) is 0 Å². The number of nitrogens with one attached hydrogen (secondary N) is 2. The van der Waals surface area contributed by atoms with Crippen molar-refractivity contribution in [1.29, 1.82) is 0 Å². The molecule has 2 heterocycles. The molecule has 0 spiro atoms. The van der Waals surface area contributed by atoms with Gasteiger partial charge in [-0.25, -0.2) is 0 Å². The quantitative estimate of drug-likeness (QED) is 0.447. The molecule has 1 aromatic heterocycles. The molecule has 2 N–H and O–H groups in total. The Labute approximate surface area is 149 Å².